The van der Waals surface area contributed by atoms with Gasteiger partial charge in [0.05, 0.1) is 0 Å². The molecule has 0 fully saturated rings. The third-order valence-corrected chi connectivity index (χ3v) is 3.37. The quantitative estimate of drug-likeness (QED) is 0.696. The average Bonchev–Trinajstić information content (AvgIpc) is 2.49. The Bertz CT molecular complexity index is 834. The number of hydrogen-bond donors (Lipinski definition) is 0. The minimum Gasteiger partial charge on any atom is -0.284 e. The molecule has 0 atom stereocenters. The molecule has 3 aromatic rings. The Labute approximate surface area is 122 Å². The molecule has 2 nitrogen and oxygen atoms in total. The van der Waals surface area contributed by atoms with Gasteiger partial charge in [-0.25, -0.2) is 4.39 Å². The van der Waals surface area contributed by atoms with Gasteiger partial charge in [0.1, 0.15) is 5.82 Å². The molecule has 3 heteroatoms. The van der Waals surface area contributed by atoms with Gasteiger partial charge in [0, 0.05) is 18.0 Å². The Hall–Kier alpha value is -2.68. The van der Waals surface area contributed by atoms with E-state index in [0.717, 1.165) is 22.4 Å². The van der Waals surface area contributed by atoms with Gasteiger partial charge in [0.2, 0.25) is 0 Å². The molecule has 0 amide bonds. The fourth-order valence-electron chi connectivity index (χ4n) is 2.28. The summed E-state index contributed by atoms with van der Waals surface area (Å²) in [5.74, 6) is -0.272. The average molecular weight is 279 g/mol. The monoisotopic (exact) mass is 279 g/mol. The first-order chi connectivity index (χ1) is 10.1. The summed E-state index contributed by atoms with van der Waals surface area (Å²) in [6.07, 6.45) is 1.78. The van der Waals surface area contributed by atoms with E-state index < -0.39 is 0 Å². The minimum absolute atomic E-state index is 0.0912. The fraction of sp³-hybridized carbons (Fsp3) is 0.0556. The Morgan fingerprint density at radius 1 is 0.905 bits per heavy atom. The number of aromatic nitrogens is 1. The first-order valence-corrected chi connectivity index (χ1v) is 6.69. The lowest BCUT2D eigenvalue weighted by Gasteiger charge is -2.09. The summed E-state index contributed by atoms with van der Waals surface area (Å²) < 4.78 is 14.6. The van der Waals surface area contributed by atoms with Crippen molar-refractivity contribution in [2.24, 2.45) is 0 Å². The van der Waals surface area contributed by atoms with E-state index in [1.165, 1.54) is 18.2 Å². The van der Waals surface area contributed by atoms with Crippen LogP contribution in [0.1, 0.15) is 5.56 Å². The van der Waals surface area contributed by atoms with E-state index in [1.54, 1.807) is 29.0 Å². The Kier molecular flexibility index (Phi) is 3.40. The second kappa shape index (κ2) is 5.37. The summed E-state index contributed by atoms with van der Waals surface area (Å²) >= 11 is 0. The van der Waals surface area contributed by atoms with Crippen LogP contribution >= 0.6 is 0 Å². The highest BCUT2D eigenvalue weighted by Gasteiger charge is 2.04. The van der Waals surface area contributed by atoms with Gasteiger partial charge >= 0.3 is 0 Å². The van der Waals surface area contributed by atoms with Crippen molar-refractivity contribution in [3.8, 4) is 16.8 Å². The van der Waals surface area contributed by atoms with Crippen LogP contribution in [0.3, 0.4) is 0 Å². The summed E-state index contributed by atoms with van der Waals surface area (Å²) in [5.41, 5.74) is 3.57. The molecule has 0 spiro atoms. The predicted octanol–water partition coefficient (Wildman–Crippen LogP) is 3.95. The highest BCUT2D eigenvalue weighted by atomic mass is 19.1. The molecule has 0 bridgehead atoms. The van der Waals surface area contributed by atoms with E-state index in [2.05, 4.69) is 0 Å². The third kappa shape index (κ3) is 2.77. The molecule has 0 radical (unpaired) electrons. The van der Waals surface area contributed by atoms with Crippen LogP contribution < -0.4 is 5.56 Å². The maximum absolute atomic E-state index is 13.0. The molecular formula is C18H14FNO. The van der Waals surface area contributed by atoms with Crippen molar-refractivity contribution in [1.29, 1.82) is 0 Å². The number of nitrogens with zero attached hydrogens (tertiary/aromatic N) is 1. The number of benzene rings is 2. The molecule has 104 valence electrons. The second-order valence-electron chi connectivity index (χ2n) is 4.97. The Morgan fingerprint density at radius 2 is 1.62 bits per heavy atom. The summed E-state index contributed by atoms with van der Waals surface area (Å²) in [6, 6.07) is 17.3. The Balaban J connectivity index is 2.12. The SMILES string of the molecule is Cc1cccc(-n2cc(-c3ccc(F)cc3)ccc2=O)c1. The minimum atomic E-state index is -0.272. The van der Waals surface area contributed by atoms with Crippen LogP contribution in [0.4, 0.5) is 4.39 Å². The van der Waals surface area contributed by atoms with E-state index in [0.29, 0.717) is 0 Å². The summed E-state index contributed by atoms with van der Waals surface area (Å²) in [6.45, 7) is 1.98. The van der Waals surface area contributed by atoms with Crippen molar-refractivity contribution in [2.45, 2.75) is 6.92 Å². The first kappa shape index (κ1) is 13.3. The van der Waals surface area contributed by atoms with Gasteiger partial charge in [-0.15, -0.1) is 0 Å². The summed E-state index contributed by atoms with van der Waals surface area (Å²) in [7, 11) is 0. The van der Waals surface area contributed by atoms with Crippen LogP contribution in [0.5, 0.6) is 0 Å². The van der Waals surface area contributed by atoms with Crippen molar-refractivity contribution >= 4 is 0 Å². The molecule has 0 aliphatic rings. The lowest BCUT2D eigenvalue weighted by atomic mass is 10.1. The molecular weight excluding hydrogens is 265 g/mol. The van der Waals surface area contributed by atoms with Crippen molar-refractivity contribution in [2.75, 3.05) is 0 Å². The number of halogens is 1. The molecule has 0 aliphatic heterocycles. The third-order valence-electron chi connectivity index (χ3n) is 3.37. The molecule has 1 heterocycles. The van der Waals surface area contributed by atoms with Gasteiger partial charge in [-0.05, 0) is 53.9 Å². The van der Waals surface area contributed by atoms with Crippen LogP contribution in [0.2, 0.25) is 0 Å². The van der Waals surface area contributed by atoms with Crippen LogP contribution in [-0.4, -0.2) is 4.57 Å². The van der Waals surface area contributed by atoms with Crippen LogP contribution in [0.25, 0.3) is 16.8 Å². The van der Waals surface area contributed by atoms with E-state index in [9.17, 15) is 9.18 Å². The maximum atomic E-state index is 13.0. The number of hydrogen-bond acceptors (Lipinski definition) is 1. The molecule has 3 rings (SSSR count). The van der Waals surface area contributed by atoms with Gasteiger partial charge in [0.15, 0.2) is 0 Å². The van der Waals surface area contributed by atoms with E-state index in [-0.39, 0.29) is 11.4 Å². The largest absolute Gasteiger partial charge is 0.284 e. The van der Waals surface area contributed by atoms with Gasteiger partial charge < -0.3 is 0 Å². The van der Waals surface area contributed by atoms with E-state index in [4.69, 9.17) is 0 Å². The van der Waals surface area contributed by atoms with Crippen LogP contribution in [-0.2, 0) is 0 Å². The molecule has 1 aromatic heterocycles. The number of aryl methyl sites for hydroxylation is 1. The highest BCUT2D eigenvalue weighted by Crippen LogP contribution is 2.19. The van der Waals surface area contributed by atoms with Gasteiger partial charge in [-0.3, -0.25) is 9.36 Å². The summed E-state index contributed by atoms with van der Waals surface area (Å²) in [4.78, 5) is 12.1. The molecule has 21 heavy (non-hydrogen) atoms. The predicted molar refractivity (Wildman–Crippen MR) is 82.2 cm³/mol. The Morgan fingerprint density at radius 3 is 2.33 bits per heavy atom. The number of rotatable bonds is 2. The van der Waals surface area contributed by atoms with Crippen molar-refractivity contribution < 1.29 is 4.39 Å². The normalized spacial score (nSPS) is 10.6. The lowest BCUT2D eigenvalue weighted by Crippen LogP contribution is -2.16. The molecule has 0 saturated carbocycles. The zero-order valence-corrected chi connectivity index (χ0v) is 11.6. The van der Waals surface area contributed by atoms with E-state index >= 15 is 0 Å². The lowest BCUT2D eigenvalue weighted by molar-refractivity contribution is 0.628. The van der Waals surface area contributed by atoms with Crippen LogP contribution in [0.15, 0.2) is 71.7 Å². The van der Waals surface area contributed by atoms with Crippen molar-refractivity contribution in [3.63, 3.8) is 0 Å². The molecule has 0 aliphatic carbocycles. The summed E-state index contributed by atoms with van der Waals surface area (Å²) in [5, 5.41) is 0. The molecule has 0 unspecified atom stereocenters. The zero-order chi connectivity index (χ0) is 14.8. The van der Waals surface area contributed by atoms with Crippen molar-refractivity contribution in [3.05, 3.63) is 88.6 Å². The first-order valence-electron chi connectivity index (χ1n) is 6.69. The maximum Gasteiger partial charge on any atom is 0.255 e. The molecule has 2 aromatic carbocycles. The molecule has 0 saturated heterocycles. The highest BCUT2D eigenvalue weighted by molar-refractivity contribution is 5.62. The molecule has 0 N–H and O–H groups in total. The van der Waals surface area contributed by atoms with Crippen molar-refractivity contribution in [1.82, 2.24) is 4.57 Å². The van der Waals surface area contributed by atoms with Gasteiger partial charge in [-0.1, -0.05) is 24.3 Å². The van der Waals surface area contributed by atoms with Gasteiger partial charge in [0.25, 0.3) is 5.56 Å². The van der Waals surface area contributed by atoms with Gasteiger partial charge in [-0.2, -0.15) is 0 Å². The smallest absolute Gasteiger partial charge is 0.255 e. The fourth-order valence-corrected chi connectivity index (χ4v) is 2.28. The van der Waals surface area contributed by atoms with Crippen LogP contribution in [0, 0.1) is 12.7 Å². The topological polar surface area (TPSA) is 22.0 Å². The number of pyridine rings is 1. The zero-order valence-electron chi connectivity index (χ0n) is 11.6. The van der Waals surface area contributed by atoms with E-state index in [1.807, 2.05) is 31.2 Å². The second-order valence-corrected chi connectivity index (χ2v) is 4.97. The standard InChI is InChI=1S/C18H14FNO/c1-13-3-2-4-17(11-13)20-12-15(7-10-18(20)21)14-5-8-16(19)9-6-14/h2-12H,1H3.